The van der Waals surface area contributed by atoms with Crippen molar-refractivity contribution >= 4 is 35.6 Å². The summed E-state index contributed by atoms with van der Waals surface area (Å²) in [7, 11) is 2.12. The lowest BCUT2D eigenvalue weighted by Gasteiger charge is -2.30. The molecule has 168 valence electrons. The maximum Gasteiger partial charge on any atom is 0.329 e. The van der Waals surface area contributed by atoms with E-state index in [4.69, 9.17) is 9.47 Å². The maximum atomic E-state index is 13.0. The average molecular weight is 450 g/mol. The number of rotatable bonds is 6. The monoisotopic (exact) mass is 450 g/mol. The number of imide groups is 2. The molecule has 4 rings (SSSR count). The predicted octanol–water partition coefficient (Wildman–Crippen LogP) is 1.05. The van der Waals surface area contributed by atoms with Gasteiger partial charge in [0.2, 0.25) is 0 Å². The van der Waals surface area contributed by atoms with Crippen molar-refractivity contribution in [2.75, 3.05) is 14.2 Å². The highest BCUT2D eigenvalue weighted by Gasteiger charge is 2.49. The topological polar surface area (TPSA) is 127 Å². The van der Waals surface area contributed by atoms with Gasteiger partial charge >= 0.3 is 11.9 Å². The Hall–Kier alpha value is -4.34. The largest absolute Gasteiger partial charge is 0.467 e. The molecule has 2 aromatic rings. The van der Waals surface area contributed by atoms with E-state index in [9.17, 15) is 28.8 Å². The van der Waals surface area contributed by atoms with Gasteiger partial charge in [0.1, 0.15) is 12.1 Å². The third-order valence-electron chi connectivity index (χ3n) is 5.67. The summed E-state index contributed by atoms with van der Waals surface area (Å²) in [6, 6.07) is 8.84. The molecule has 2 aliphatic rings. The molecule has 0 N–H and O–H groups in total. The van der Waals surface area contributed by atoms with E-state index in [2.05, 4.69) is 0 Å². The Morgan fingerprint density at radius 3 is 1.15 bits per heavy atom. The zero-order chi connectivity index (χ0) is 23.9. The van der Waals surface area contributed by atoms with E-state index in [-0.39, 0.29) is 22.3 Å². The molecule has 0 bridgehead atoms. The smallest absolute Gasteiger partial charge is 0.329 e. The van der Waals surface area contributed by atoms with Crippen LogP contribution in [0.4, 0.5) is 0 Å². The van der Waals surface area contributed by atoms with Crippen LogP contribution in [-0.2, 0) is 19.1 Å². The van der Waals surface area contributed by atoms with Gasteiger partial charge in [-0.2, -0.15) is 0 Å². The Kier molecular flexibility index (Phi) is 5.50. The third kappa shape index (κ3) is 3.36. The molecule has 2 atom stereocenters. The Morgan fingerprint density at radius 2 is 0.909 bits per heavy atom. The highest BCUT2D eigenvalue weighted by molar-refractivity contribution is 6.24. The fourth-order valence-electron chi connectivity index (χ4n) is 4.08. The first-order chi connectivity index (χ1) is 15.8. The normalized spacial score (nSPS) is 16.4. The number of carbonyl (C=O) groups excluding carboxylic acids is 6. The standard InChI is InChI=1S/C23H18N2O8/c1-32-22(30)16(24-18(26)12-7-3-4-8-13(12)19(24)27)11-17(23(31)33-2)25-20(28)14-9-5-6-10-15(14)21(25)29/h3-10,16-17H,11H2,1-2H3. The predicted molar refractivity (Wildman–Crippen MR) is 110 cm³/mol. The summed E-state index contributed by atoms with van der Waals surface area (Å²) in [5, 5.41) is 0. The zero-order valence-corrected chi connectivity index (χ0v) is 17.6. The third-order valence-corrected chi connectivity index (χ3v) is 5.67. The molecule has 0 aliphatic carbocycles. The molecule has 10 heteroatoms. The number of fused-ring (bicyclic) bond motifs is 2. The average Bonchev–Trinajstić information content (AvgIpc) is 3.24. The van der Waals surface area contributed by atoms with Gasteiger partial charge in [-0.05, 0) is 24.3 Å². The molecule has 10 nitrogen and oxygen atoms in total. The van der Waals surface area contributed by atoms with E-state index < -0.39 is 54.1 Å². The Morgan fingerprint density at radius 1 is 0.636 bits per heavy atom. The van der Waals surface area contributed by atoms with Crippen LogP contribution in [0, 0.1) is 0 Å². The number of esters is 2. The van der Waals surface area contributed by atoms with Crippen molar-refractivity contribution in [3.63, 3.8) is 0 Å². The SMILES string of the molecule is COC(=O)C(CC(C(=O)OC)N1C(=O)c2ccccc2C1=O)N1C(=O)c2ccccc2C1=O. The van der Waals surface area contributed by atoms with E-state index in [1.54, 1.807) is 24.3 Å². The summed E-state index contributed by atoms with van der Waals surface area (Å²) in [5.74, 6) is -4.99. The van der Waals surface area contributed by atoms with Crippen molar-refractivity contribution in [2.24, 2.45) is 0 Å². The van der Waals surface area contributed by atoms with Crippen molar-refractivity contribution in [1.29, 1.82) is 0 Å². The van der Waals surface area contributed by atoms with Gasteiger partial charge in [-0.1, -0.05) is 24.3 Å². The zero-order valence-electron chi connectivity index (χ0n) is 17.6. The van der Waals surface area contributed by atoms with Gasteiger partial charge in [-0.15, -0.1) is 0 Å². The van der Waals surface area contributed by atoms with Gasteiger partial charge in [-0.25, -0.2) is 9.59 Å². The highest BCUT2D eigenvalue weighted by atomic mass is 16.5. The first-order valence-corrected chi connectivity index (χ1v) is 9.91. The number of amides is 4. The fourth-order valence-corrected chi connectivity index (χ4v) is 4.08. The van der Waals surface area contributed by atoms with Crippen molar-refractivity contribution < 1.29 is 38.2 Å². The summed E-state index contributed by atoms with van der Waals surface area (Å²) < 4.78 is 9.57. The van der Waals surface area contributed by atoms with Crippen LogP contribution in [0.1, 0.15) is 47.9 Å². The molecular weight excluding hydrogens is 432 g/mol. The number of nitrogens with zero attached hydrogens (tertiary/aromatic N) is 2. The van der Waals surface area contributed by atoms with Crippen molar-refractivity contribution in [1.82, 2.24) is 9.80 Å². The number of methoxy groups -OCH3 is 2. The van der Waals surface area contributed by atoms with Gasteiger partial charge < -0.3 is 9.47 Å². The van der Waals surface area contributed by atoms with Crippen LogP contribution < -0.4 is 0 Å². The van der Waals surface area contributed by atoms with Crippen molar-refractivity contribution in [3.8, 4) is 0 Å². The van der Waals surface area contributed by atoms with Crippen LogP contribution in [0.25, 0.3) is 0 Å². The number of hydrogen-bond donors (Lipinski definition) is 0. The lowest BCUT2D eigenvalue weighted by atomic mass is 10.0. The Bertz CT molecular complexity index is 1060. The Balaban J connectivity index is 1.73. The van der Waals surface area contributed by atoms with Crippen molar-refractivity contribution in [2.45, 2.75) is 18.5 Å². The molecule has 4 amide bonds. The van der Waals surface area contributed by atoms with Crippen LogP contribution in [0.5, 0.6) is 0 Å². The minimum absolute atomic E-state index is 0.0896. The van der Waals surface area contributed by atoms with Gasteiger partial charge in [-0.3, -0.25) is 29.0 Å². The Labute approximate surface area is 187 Å². The van der Waals surface area contributed by atoms with Crippen LogP contribution in [-0.4, -0.2) is 71.7 Å². The summed E-state index contributed by atoms with van der Waals surface area (Å²) >= 11 is 0. The second-order valence-electron chi connectivity index (χ2n) is 7.37. The van der Waals surface area contributed by atoms with Gasteiger partial charge in [0, 0.05) is 6.42 Å². The first-order valence-electron chi connectivity index (χ1n) is 9.91. The quantitative estimate of drug-likeness (QED) is 0.472. The number of carbonyl (C=O) groups is 6. The van der Waals surface area contributed by atoms with Crippen LogP contribution >= 0.6 is 0 Å². The molecule has 0 saturated carbocycles. The molecule has 0 fully saturated rings. The second kappa shape index (κ2) is 8.30. The molecule has 2 aliphatic heterocycles. The molecule has 0 saturated heterocycles. The molecule has 33 heavy (non-hydrogen) atoms. The molecule has 0 spiro atoms. The summed E-state index contributed by atoms with van der Waals surface area (Å²) in [4.78, 5) is 78.5. The van der Waals surface area contributed by atoms with Crippen LogP contribution in [0.15, 0.2) is 48.5 Å². The number of ether oxygens (including phenoxy) is 2. The van der Waals surface area contributed by atoms with Gasteiger partial charge in [0.05, 0.1) is 36.5 Å². The highest BCUT2D eigenvalue weighted by Crippen LogP contribution is 2.30. The minimum atomic E-state index is -1.59. The number of benzene rings is 2. The van der Waals surface area contributed by atoms with Crippen LogP contribution in [0.3, 0.4) is 0 Å². The van der Waals surface area contributed by atoms with Crippen molar-refractivity contribution in [3.05, 3.63) is 70.8 Å². The number of hydrogen-bond acceptors (Lipinski definition) is 8. The lowest BCUT2D eigenvalue weighted by Crippen LogP contribution is -2.53. The van der Waals surface area contributed by atoms with E-state index in [1.165, 1.54) is 24.3 Å². The first kappa shape index (κ1) is 21.9. The minimum Gasteiger partial charge on any atom is -0.467 e. The van der Waals surface area contributed by atoms with E-state index in [1.807, 2.05) is 0 Å². The molecule has 2 heterocycles. The molecule has 2 aromatic carbocycles. The lowest BCUT2D eigenvalue weighted by molar-refractivity contribution is -0.149. The molecule has 0 radical (unpaired) electrons. The summed E-state index contributed by atoms with van der Waals surface area (Å²) in [6.45, 7) is 0. The molecular formula is C23H18N2O8. The van der Waals surface area contributed by atoms with E-state index >= 15 is 0 Å². The second-order valence-corrected chi connectivity index (χ2v) is 7.37. The summed E-state index contributed by atoms with van der Waals surface area (Å²) in [6.07, 6.45) is -0.587. The van der Waals surface area contributed by atoms with E-state index in [0.717, 1.165) is 14.2 Å². The molecule has 0 aromatic heterocycles. The maximum absolute atomic E-state index is 13.0. The fraction of sp³-hybridized carbons (Fsp3) is 0.217. The van der Waals surface area contributed by atoms with Gasteiger partial charge in [0.25, 0.3) is 23.6 Å². The van der Waals surface area contributed by atoms with E-state index in [0.29, 0.717) is 9.80 Å². The molecule has 2 unspecified atom stereocenters. The summed E-state index contributed by atoms with van der Waals surface area (Å²) in [5.41, 5.74) is 0.358. The van der Waals surface area contributed by atoms with Gasteiger partial charge in [0.15, 0.2) is 0 Å². The van der Waals surface area contributed by atoms with Crippen LogP contribution in [0.2, 0.25) is 0 Å².